The summed E-state index contributed by atoms with van der Waals surface area (Å²) in [5.41, 5.74) is -0.415. The van der Waals surface area contributed by atoms with Crippen LogP contribution in [0.15, 0.2) is 41.3 Å². The maximum absolute atomic E-state index is 15.0. The first kappa shape index (κ1) is 24.3. The minimum absolute atomic E-state index is 0.111. The van der Waals surface area contributed by atoms with Crippen molar-refractivity contribution in [3.63, 3.8) is 0 Å². The Morgan fingerprint density at radius 2 is 1.81 bits per heavy atom. The highest BCUT2D eigenvalue weighted by atomic mass is 35.5. The van der Waals surface area contributed by atoms with Crippen LogP contribution in [0.3, 0.4) is 0 Å². The molecule has 32 heavy (non-hydrogen) atoms. The van der Waals surface area contributed by atoms with E-state index in [2.05, 4.69) is 5.32 Å². The van der Waals surface area contributed by atoms with Gasteiger partial charge in [0, 0.05) is 18.1 Å². The Labute approximate surface area is 191 Å². The minimum atomic E-state index is -4.27. The number of sulfone groups is 1. The number of urea groups is 1. The van der Waals surface area contributed by atoms with Gasteiger partial charge in [-0.1, -0.05) is 24.9 Å². The number of carbonyl (C=O) groups is 1. The van der Waals surface area contributed by atoms with Gasteiger partial charge >= 0.3 is 6.03 Å². The number of fused-ring (bicyclic) bond motifs is 1. The summed E-state index contributed by atoms with van der Waals surface area (Å²) in [6.07, 6.45) is 1.34. The number of benzene rings is 2. The van der Waals surface area contributed by atoms with Crippen LogP contribution in [0.2, 0.25) is 5.02 Å². The molecule has 2 aromatic carbocycles. The van der Waals surface area contributed by atoms with Gasteiger partial charge in [-0.2, -0.15) is 0 Å². The van der Waals surface area contributed by atoms with E-state index in [-0.39, 0.29) is 18.0 Å². The Morgan fingerprint density at radius 1 is 1.16 bits per heavy atom. The van der Waals surface area contributed by atoms with Crippen LogP contribution in [0.5, 0.6) is 5.75 Å². The summed E-state index contributed by atoms with van der Waals surface area (Å²) in [5.74, 6) is -2.23. The van der Waals surface area contributed by atoms with Gasteiger partial charge in [-0.25, -0.2) is 22.0 Å². The molecule has 2 atom stereocenters. The second-order valence-electron chi connectivity index (χ2n) is 7.45. The maximum Gasteiger partial charge on any atom is 0.317 e. The van der Waals surface area contributed by atoms with Gasteiger partial charge in [0.25, 0.3) is 0 Å². The average Bonchev–Trinajstić information content (AvgIpc) is 2.76. The summed E-state index contributed by atoms with van der Waals surface area (Å²) in [4.78, 5) is 14.1. The van der Waals surface area contributed by atoms with Crippen molar-refractivity contribution in [2.24, 2.45) is 0 Å². The van der Waals surface area contributed by atoms with Crippen molar-refractivity contribution in [2.75, 3.05) is 19.7 Å². The smallest absolute Gasteiger partial charge is 0.317 e. The first-order valence-corrected chi connectivity index (χ1v) is 12.3. The van der Waals surface area contributed by atoms with E-state index >= 15 is 0 Å². The van der Waals surface area contributed by atoms with Crippen LogP contribution < -0.4 is 10.1 Å². The van der Waals surface area contributed by atoms with Crippen LogP contribution in [0.4, 0.5) is 13.6 Å². The molecule has 1 heterocycles. The molecule has 0 saturated carbocycles. The van der Waals surface area contributed by atoms with E-state index in [4.69, 9.17) is 16.3 Å². The average molecular weight is 487 g/mol. The number of hydrogen-bond acceptors (Lipinski definition) is 4. The first-order valence-electron chi connectivity index (χ1n) is 10.4. The van der Waals surface area contributed by atoms with Crippen molar-refractivity contribution in [1.29, 1.82) is 0 Å². The summed E-state index contributed by atoms with van der Waals surface area (Å²) in [6, 6.07) is 5.62. The molecule has 2 aromatic rings. The van der Waals surface area contributed by atoms with E-state index in [0.717, 1.165) is 18.6 Å². The van der Waals surface area contributed by atoms with E-state index in [1.165, 1.54) is 29.2 Å². The van der Waals surface area contributed by atoms with Crippen LogP contribution in [0.25, 0.3) is 0 Å². The number of ether oxygens (including phenoxy) is 1. The molecule has 174 valence electrons. The molecule has 1 N–H and O–H groups in total. The molecule has 0 spiro atoms. The molecule has 6 nitrogen and oxygen atoms in total. The number of amides is 2. The third-order valence-electron chi connectivity index (χ3n) is 5.35. The van der Waals surface area contributed by atoms with E-state index in [0.29, 0.717) is 18.0 Å². The summed E-state index contributed by atoms with van der Waals surface area (Å²) in [6.45, 7) is 3.92. The lowest BCUT2D eigenvalue weighted by Gasteiger charge is -2.40. The molecule has 1 aliphatic heterocycles. The Kier molecular flexibility index (Phi) is 7.61. The van der Waals surface area contributed by atoms with Gasteiger partial charge in [0.2, 0.25) is 0 Å². The number of hydrogen-bond donors (Lipinski definition) is 1. The summed E-state index contributed by atoms with van der Waals surface area (Å²) in [7, 11) is -4.27. The lowest BCUT2D eigenvalue weighted by molar-refractivity contribution is 0.121. The SMILES string of the molecule is CCCCN(C(=O)NCC)[C@H]1COc2c(F)ccc(F)c2C1S(=O)(=O)c1ccc(Cl)cc1. The molecule has 2 amide bonds. The Morgan fingerprint density at radius 3 is 2.44 bits per heavy atom. The second-order valence-corrected chi connectivity index (χ2v) is 9.96. The van der Waals surface area contributed by atoms with Crippen LogP contribution >= 0.6 is 11.6 Å². The zero-order valence-electron chi connectivity index (χ0n) is 17.8. The molecule has 0 radical (unpaired) electrons. The molecule has 0 saturated heterocycles. The standard InChI is InChI=1S/C22H25ClF2N2O4S/c1-3-5-12-27(22(28)26-4-2)18-13-31-20-17(25)11-10-16(24)19(20)21(18)32(29,30)15-8-6-14(23)7-9-15/h6-11,18,21H,3-5,12-13H2,1-2H3,(H,26,28)/t18-,21?/m0/s1. The quantitative estimate of drug-likeness (QED) is 0.614. The van der Waals surface area contributed by atoms with Gasteiger partial charge in [0.1, 0.15) is 17.7 Å². The van der Waals surface area contributed by atoms with Crippen molar-refractivity contribution >= 4 is 27.5 Å². The van der Waals surface area contributed by atoms with Gasteiger partial charge in [0.15, 0.2) is 21.4 Å². The van der Waals surface area contributed by atoms with Gasteiger partial charge in [-0.15, -0.1) is 0 Å². The fourth-order valence-corrected chi connectivity index (χ4v) is 5.90. The zero-order valence-corrected chi connectivity index (χ0v) is 19.3. The highest BCUT2D eigenvalue weighted by molar-refractivity contribution is 7.91. The molecule has 0 fully saturated rings. The van der Waals surface area contributed by atoms with Crippen molar-refractivity contribution in [2.45, 2.75) is 42.9 Å². The number of nitrogens with one attached hydrogen (secondary N) is 1. The van der Waals surface area contributed by atoms with E-state index in [1.54, 1.807) is 6.92 Å². The molecule has 0 aromatic heterocycles. The summed E-state index contributed by atoms with van der Waals surface area (Å²) >= 11 is 5.90. The lowest BCUT2D eigenvalue weighted by atomic mass is 9.99. The fourth-order valence-electron chi connectivity index (χ4n) is 3.79. The summed E-state index contributed by atoms with van der Waals surface area (Å²) in [5, 5.41) is 1.44. The fraction of sp³-hybridized carbons (Fsp3) is 0.409. The first-order chi connectivity index (χ1) is 15.2. The molecule has 0 bridgehead atoms. The van der Waals surface area contributed by atoms with Gasteiger partial charge < -0.3 is 15.0 Å². The Bertz CT molecular complexity index is 1080. The lowest BCUT2D eigenvalue weighted by Crippen LogP contribution is -2.54. The van der Waals surface area contributed by atoms with Crippen LogP contribution in [-0.2, 0) is 9.84 Å². The van der Waals surface area contributed by atoms with E-state index in [9.17, 15) is 22.0 Å². The molecule has 10 heteroatoms. The number of halogens is 3. The van der Waals surface area contributed by atoms with Crippen molar-refractivity contribution in [3.8, 4) is 5.75 Å². The van der Waals surface area contributed by atoms with Crippen LogP contribution in [0, 0.1) is 11.6 Å². The number of carbonyl (C=O) groups excluding carboxylic acids is 1. The third kappa shape index (κ3) is 4.68. The maximum atomic E-state index is 15.0. The monoisotopic (exact) mass is 486 g/mol. The number of nitrogens with zero attached hydrogens (tertiary/aromatic N) is 1. The summed E-state index contributed by atoms with van der Waals surface area (Å²) < 4.78 is 62.5. The Hall–Kier alpha value is -2.39. The highest BCUT2D eigenvalue weighted by Crippen LogP contribution is 2.44. The number of unbranched alkanes of at least 4 members (excludes halogenated alkanes) is 1. The predicted octanol–water partition coefficient (Wildman–Crippen LogP) is 4.73. The third-order valence-corrected chi connectivity index (χ3v) is 7.75. The molecule has 1 unspecified atom stereocenters. The molecular formula is C22H25ClF2N2O4S. The topological polar surface area (TPSA) is 75.7 Å². The molecule has 0 aliphatic carbocycles. The normalized spacial score (nSPS) is 17.9. The van der Waals surface area contributed by atoms with Gasteiger partial charge in [-0.3, -0.25) is 0 Å². The molecular weight excluding hydrogens is 462 g/mol. The van der Waals surface area contributed by atoms with Crippen molar-refractivity contribution < 1.29 is 26.7 Å². The van der Waals surface area contributed by atoms with Gasteiger partial charge in [0.05, 0.1) is 16.5 Å². The van der Waals surface area contributed by atoms with Gasteiger partial charge in [-0.05, 0) is 49.7 Å². The Balaban J connectivity index is 2.21. The minimum Gasteiger partial charge on any atom is -0.488 e. The largest absolute Gasteiger partial charge is 0.488 e. The highest BCUT2D eigenvalue weighted by Gasteiger charge is 2.47. The second kappa shape index (κ2) is 10.0. The van der Waals surface area contributed by atoms with E-state index < -0.39 is 50.1 Å². The zero-order chi connectivity index (χ0) is 23.5. The number of rotatable bonds is 7. The van der Waals surface area contributed by atoms with E-state index in [1.807, 2.05) is 6.92 Å². The molecule has 3 rings (SSSR count). The van der Waals surface area contributed by atoms with Crippen LogP contribution in [0.1, 0.15) is 37.5 Å². The van der Waals surface area contributed by atoms with Crippen molar-refractivity contribution in [3.05, 3.63) is 58.6 Å². The van der Waals surface area contributed by atoms with Crippen molar-refractivity contribution in [1.82, 2.24) is 10.2 Å². The van der Waals surface area contributed by atoms with Crippen LogP contribution in [-0.4, -0.2) is 45.1 Å². The predicted molar refractivity (Wildman–Crippen MR) is 118 cm³/mol. The molecule has 1 aliphatic rings.